The highest BCUT2D eigenvalue weighted by Gasteiger charge is 2.45. The van der Waals surface area contributed by atoms with Crippen molar-refractivity contribution in [2.24, 2.45) is 5.92 Å². The van der Waals surface area contributed by atoms with E-state index in [9.17, 15) is 9.90 Å². The lowest BCUT2D eigenvalue weighted by molar-refractivity contribution is 0.00381. The molecule has 0 spiro atoms. The maximum Gasteiger partial charge on any atom is 0.410 e. The van der Waals surface area contributed by atoms with E-state index < -0.39 is 5.60 Å². The summed E-state index contributed by atoms with van der Waals surface area (Å²) >= 11 is 0. The molecular weight excluding hydrogens is 304 g/mol. The Morgan fingerprint density at radius 1 is 1.08 bits per heavy atom. The van der Waals surface area contributed by atoms with Crippen molar-refractivity contribution < 1.29 is 14.6 Å². The molecule has 2 heterocycles. The smallest absolute Gasteiger partial charge is 0.410 e. The van der Waals surface area contributed by atoms with Gasteiger partial charge in [-0.3, -0.25) is 0 Å². The fourth-order valence-electron chi connectivity index (χ4n) is 4.87. The van der Waals surface area contributed by atoms with Crippen LogP contribution >= 0.6 is 0 Å². The van der Waals surface area contributed by atoms with Gasteiger partial charge in [-0.05, 0) is 71.6 Å². The second kappa shape index (κ2) is 7.20. The molecular formula is C19H34N2O3. The number of nitrogens with zero attached hydrogens (tertiary/aromatic N) is 1. The molecule has 1 saturated carbocycles. The second-order valence-corrected chi connectivity index (χ2v) is 9.02. The number of amides is 1. The zero-order valence-corrected chi connectivity index (χ0v) is 15.5. The number of rotatable bonds is 3. The van der Waals surface area contributed by atoms with Gasteiger partial charge in [0.1, 0.15) is 5.60 Å². The molecule has 0 aromatic rings. The van der Waals surface area contributed by atoms with Crippen molar-refractivity contribution in [3.63, 3.8) is 0 Å². The standard InChI is InChI=1S/C19H34N2O3/c1-19(2,3)24-18(23)21-16-7-8-17(21)11-15(10-16)20-14-6-4-5-13(9-14)12-22/h13-17,20,22H,4-12H2,1-3H3. The van der Waals surface area contributed by atoms with Gasteiger partial charge < -0.3 is 20.1 Å². The van der Waals surface area contributed by atoms with Crippen molar-refractivity contribution in [2.75, 3.05) is 6.61 Å². The summed E-state index contributed by atoms with van der Waals surface area (Å²) in [7, 11) is 0. The van der Waals surface area contributed by atoms with Crippen LogP contribution in [0.1, 0.15) is 72.1 Å². The van der Waals surface area contributed by atoms with Crippen LogP contribution < -0.4 is 5.32 Å². The fourth-order valence-corrected chi connectivity index (χ4v) is 4.87. The molecule has 24 heavy (non-hydrogen) atoms. The van der Waals surface area contributed by atoms with E-state index in [2.05, 4.69) is 5.32 Å². The lowest BCUT2D eigenvalue weighted by atomic mass is 9.85. The van der Waals surface area contributed by atoms with E-state index in [1.165, 1.54) is 12.8 Å². The number of hydrogen-bond donors (Lipinski definition) is 2. The highest BCUT2D eigenvalue weighted by molar-refractivity contribution is 5.69. The minimum Gasteiger partial charge on any atom is -0.444 e. The third kappa shape index (κ3) is 4.23. The van der Waals surface area contributed by atoms with E-state index in [1.54, 1.807) is 0 Å². The Morgan fingerprint density at radius 3 is 2.33 bits per heavy atom. The number of piperidine rings is 1. The maximum atomic E-state index is 12.5. The first-order valence-electron chi connectivity index (χ1n) is 9.74. The molecule has 3 rings (SSSR count). The molecule has 1 amide bonds. The predicted octanol–water partition coefficient (Wildman–Crippen LogP) is 3.06. The molecule has 0 aromatic heterocycles. The Bertz CT molecular complexity index is 434. The van der Waals surface area contributed by atoms with Gasteiger partial charge in [-0.2, -0.15) is 0 Å². The number of carbonyl (C=O) groups is 1. The summed E-state index contributed by atoms with van der Waals surface area (Å²) in [4.78, 5) is 14.5. The quantitative estimate of drug-likeness (QED) is 0.830. The summed E-state index contributed by atoms with van der Waals surface area (Å²) in [5.74, 6) is 0.467. The molecule has 2 N–H and O–H groups in total. The lowest BCUT2D eigenvalue weighted by Gasteiger charge is -2.41. The normalized spacial score (nSPS) is 36.7. The number of ether oxygens (including phenoxy) is 1. The van der Waals surface area contributed by atoms with Crippen molar-refractivity contribution in [3.05, 3.63) is 0 Å². The zero-order chi connectivity index (χ0) is 17.3. The molecule has 5 nitrogen and oxygen atoms in total. The fraction of sp³-hybridized carbons (Fsp3) is 0.947. The first-order chi connectivity index (χ1) is 11.4. The van der Waals surface area contributed by atoms with E-state index in [0.717, 1.165) is 38.5 Å². The predicted molar refractivity (Wildman–Crippen MR) is 93.9 cm³/mol. The number of hydrogen-bond acceptors (Lipinski definition) is 4. The van der Waals surface area contributed by atoms with E-state index in [0.29, 0.717) is 36.7 Å². The van der Waals surface area contributed by atoms with Gasteiger partial charge in [-0.15, -0.1) is 0 Å². The molecule has 3 fully saturated rings. The van der Waals surface area contributed by atoms with Gasteiger partial charge in [0.2, 0.25) is 0 Å². The summed E-state index contributed by atoms with van der Waals surface area (Å²) in [5.41, 5.74) is -0.424. The van der Waals surface area contributed by atoms with Gasteiger partial charge in [0.15, 0.2) is 0 Å². The van der Waals surface area contributed by atoms with E-state index in [-0.39, 0.29) is 6.09 Å². The minimum atomic E-state index is -0.424. The molecule has 1 aliphatic carbocycles. The van der Waals surface area contributed by atoms with Gasteiger partial charge in [0.05, 0.1) is 0 Å². The number of nitrogens with one attached hydrogen (secondary N) is 1. The first kappa shape index (κ1) is 18.0. The Balaban J connectivity index is 1.54. The van der Waals surface area contributed by atoms with E-state index in [4.69, 9.17) is 4.74 Å². The summed E-state index contributed by atoms with van der Waals surface area (Å²) in [6.45, 7) is 6.12. The van der Waals surface area contributed by atoms with E-state index >= 15 is 0 Å². The molecule has 2 aliphatic heterocycles. The SMILES string of the molecule is CC(C)(C)OC(=O)N1C2CCC1CC(NC1CCCC(CO)C1)C2. The third-order valence-corrected chi connectivity index (χ3v) is 5.85. The van der Waals surface area contributed by atoms with Crippen molar-refractivity contribution in [3.8, 4) is 0 Å². The van der Waals surface area contributed by atoms with Crippen LogP contribution in [0.4, 0.5) is 4.79 Å². The molecule has 4 unspecified atom stereocenters. The van der Waals surface area contributed by atoms with Gasteiger partial charge in [-0.25, -0.2) is 4.79 Å². The van der Waals surface area contributed by atoms with Crippen LogP contribution in [-0.4, -0.2) is 52.5 Å². The lowest BCUT2D eigenvalue weighted by Crippen LogP contribution is -2.54. The largest absolute Gasteiger partial charge is 0.444 e. The molecule has 2 bridgehead atoms. The van der Waals surface area contributed by atoms with Crippen LogP contribution in [0.5, 0.6) is 0 Å². The van der Waals surface area contributed by atoms with Crippen LogP contribution in [0.15, 0.2) is 0 Å². The van der Waals surface area contributed by atoms with Crippen LogP contribution in [0, 0.1) is 5.92 Å². The minimum absolute atomic E-state index is 0.133. The van der Waals surface area contributed by atoms with Gasteiger partial charge in [0.25, 0.3) is 0 Å². The zero-order valence-electron chi connectivity index (χ0n) is 15.5. The molecule has 0 radical (unpaired) electrons. The van der Waals surface area contributed by atoms with Crippen molar-refractivity contribution in [1.29, 1.82) is 0 Å². The molecule has 4 atom stereocenters. The number of fused-ring (bicyclic) bond motifs is 2. The Morgan fingerprint density at radius 2 is 1.75 bits per heavy atom. The number of aliphatic hydroxyl groups is 1. The van der Waals surface area contributed by atoms with Crippen LogP contribution in [0.25, 0.3) is 0 Å². The highest BCUT2D eigenvalue weighted by Crippen LogP contribution is 2.37. The Kier molecular flexibility index (Phi) is 5.40. The maximum absolute atomic E-state index is 12.5. The summed E-state index contributed by atoms with van der Waals surface area (Å²) in [6.07, 6.45) is 8.84. The number of carbonyl (C=O) groups excluding carboxylic acids is 1. The van der Waals surface area contributed by atoms with E-state index in [1.807, 2.05) is 25.7 Å². The van der Waals surface area contributed by atoms with Crippen LogP contribution in [0.2, 0.25) is 0 Å². The van der Waals surface area contributed by atoms with Crippen LogP contribution in [-0.2, 0) is 4.74 Å². The molecule has 5 heteroatoms. The summed E-state index contributed by atoms with van der Waals surface area (Å²) < 4.78 is 5.61. The average Bonchev–Trinajstić information content (AvgIpc) is 2.77. The topological polar surface area (TPSA) is 61.8 Å². The van der Waals surface area contributed by atoms with Gasteiger partial charge in [0, 0.05) is 30.8 Å². The highest BCUT2D eigenvalue weighted by atomic mass is 16.6. The van der Waals surface area contributed by atoms with Crippen LogP contribution in [0.3, 0.4) is 0 Å². The van der Waals surface area contributed by atoms with Gasteiger partial charge in [-0.1, -0.05) is 6.42 Å². The monoisotopic (exact) mass is 338 g/mol. The Hall–Kier alpha value is -0.810. The van der Waals surface area contributed by atoms with Crippen molar-refractivity contribution in [1.82, 2.24) is 10.2 Å². The average molecular weight is 338 g/mol. The number of aliphatic hydroxyl groups excluding tert-OH is 1. The summed E-state index contributed by atoms with van der Waals surface area (Å²) in [5, 5.41) is 13.3. The third-order valence-electron chi connectivity index (χ3n) is 5.85. The molecule has 3 aliphatic rings. The molecule has 0 aromatic carbocycles. The van der Waals surface area contributed by atoms with Gasteiger partial charge >= 0.3 is 6.09 Å². The first-order valence-corrected chi connectivity index (χ1v) is 9.74. The second-order valence-electron chi connectivity index (χ2n) is 9.02. The van der Waals surface area contributed by atoms with Crippen molar-refractivity contribution in [2.45, 2.75) is 102 Å². The molecule has 2 saturated heterocycles. The van der Waals surface area contributed by atoms with Crippen molar-refractivity contribution >= 4 is 6.09 Å². The summed E-state index contributed by atoms with van der Waals surface area (Å²) in [6, 6.07) is 1.69. The Labute approximate surface area is 146 Å². The molecule has 138 valence electrons.